The molecule has 2 aliphatic rings. The normalized spacial score (nSPS) is 21.3. The number of carbonyl (C=O) groups excluding carboxylic acids is 1. The van der Waals surface area contributed by atoms with Crippen molar-refractivity contribution in [3.8, 4) is 0 Å². The van der Waals surface area contributed by atoms with Crippen LogP contribution in [-0.4, -0.2) is 41.4 Å². The SMILES string of the molecule is O=C(Nc1nnc(C2CCCCC2)o1)C1CCCN1S(=O)(=O)c1ccc(F)cc1. The van der Waals surface area contributed by atoms with Crippen LogP contribution >= 0.6 is 0 Å². The second-order valence-electron chi connectivity index (χ2n) is 7.50. The van der Waals surface area contributed by atoms with Crippen molar-refractivity contribution in [2.24, 2.45) is 0 Å². The van der Waals surface area contributed by atoms with E-state index >= 15 is 0 Å². The molecule has 1 saturated carbocycles. The summed E-state index contributed by atoms with van der Waals surface area (Å²) >= 11 is 0. The van der Waals surface area contributed by atoms with Crippen LogP contribution in [0.2, 0.25) is 0 Å². The molecule has 1 aliphatic heterocycles. The Balaban J connectivity index is 1.46. The lowest BCUT2D eigenvalue weighted by atomic mass is 9.89. The summed E-state index contributed by atoms with van der Waals surface area (Å²) in [5.74, 6) is -0.303. The maximum Gasteiger partial charge on any atom is 0.322 e. The van der Waals surface area contributed by atoms with Gasteiger partial charge in [-0.15, -0.1) is 5.10 Å². The molecular formula is C19H23FN4O4S. The molecule has 8 nitrogen and oxygen atoms in total. The molecular weight excluding hydrogens is 399 g/mol. The lowest BCUT2D eigenvalue weighted by molar-refractivity contribution is -0.119. The first-order valence-corrected chi connectivity index (χ1v) is 11.3. The van der Waals surface area contributed by atoms with E-state index in [2.05, 4.69) is 15.5 Å². The van der Waals surface area contributed by atoms with Gasteiger partial charge in [0.05, 0.1) is 4.90 Å². The lowest BCUT2D eigenvalue weighted by Crippen LogP contribution is -2.43. The molecule has 2 aromatic rings. The average Bonchev–Trinajstić information content (AvgIpc) is 3.39. The number of sulfonamides is 1. The van der Waals surface area contributed by atoms with Gasteiger partial charge in [-0.3, -0.25) is 10.1 Å². The second-order valence-corrected chi connectivity index (χ2v) is 9.39. The Labute approximate surface area is 168 Å². The zero-order chi connectivity index (χ0) is 20.4. The fraction of sp³-hybridized carbons (Fsp3) is 0.526. The van der Waals surface area contributed by atoms with E-state index in [-0.39, 0.29) is 23.4 Å². The van der Waals surface area contributed by atoms with Crippen LogP contribution in [0.4, 0.5) is 10.4 Å². The molecule has 0 bridgehead atoms. The Morgan fingerprint density at radius 3 is 2.52 bits per heavy atom. The number of nitrogens with one attached hydrogen (secondary N) is 1. The number of hydrogen-bond donors (Lipinski definition) is 1. The van der Waals surface area contributed by atoms with Gasteiger partial charge >= 0.3 is 6.01 Å². The molecule has 2 fully saturated rings. The molecule has 156 valence electrons. The third-order valence-electron chi connectivity index (χ3n) is 5.55. The number of aromatic nitrogens is 2. The minimum absolute atomic E-state index is 0.0124. The zero-order valence-corrected chi connectivity index (χ0v) is 16.7. The molecule has 0 spiro atoms. The molecule has 1 N–H and O–H groups in total. The predicted octanol–water partition coefficient (Wildman–Crippen LogP) is 3.05. The van der Waals surface area contributed by atoms with Crippen molar-refractivity contribution in [1.29, 1.82) is 0 Å². The number of carbonyl (C=O) groups is 1. The van der Waals surface area contributed by atoms with E-state index in [0.717, 1.165) is 42.1 Å². The van der Waals surface area contributed by atoms with Gasteiger partial charge in [0.25, 0.3) is 0 Å². The number of anilines is 1. The van der Waals surface area contributed by atoms with Crippen molar-refractivity contribution in [2.75, 3.05) is 11.9 Å². The highest BCUT2D eigenvalue weighted by Crippen LogP contribution is 2.32. The van der Waals surface area contributed by atoms with Gasteiger partial charge in [-0.2, -0.15) is 4.31 Å². The third-order valence-corrected chi connectivity index (χ3v) is 7.47. The average molecular weight is 422 g/mol. The summed E-state index contributed by atoms with van der Waals surface area (Å²) in [7, 11) is -3.91. The maximum atomic E-state index is 13.1. The quantitative estimate of drug-likeness (QED) is 0.794. The fourth-order valence-electron chi connectivity index (χ4n) is 4.02. The minimum Gasteiger partial charge on any atom is -0.408 e. The Bertz CT molecular complexity index is 970. The molecule has 1 aromatic heterocycles. The third kappa shape index (κ3) is 4.18. The minimum atomic E-state index is -3.91. The summed E-state index contributed by atoms with van der Waals surface area (Å²) < 4.78 is 45.7. The number of hydrogen-bond acceptors (Lipinski definition) is 6. The molecule has 10 heteroatoms. The van der Waals surface area contributed by atoms with Crippen molar-refractivity contribution in [2.45, 2.75) is 61.8 Å². The lowest BCUT2D eigenvalue weighted by Gasteiger charge is -2.22. The van der Waals surface area contributed by atoms with Crippen molar-refractivity contribution in [3.05, 3.63) is 36.0 Å². The number of halogens is 1. The van der Waals surface area contributed by atoms with E-state index in [0.29, 0.717) is 18.7 Å². The summed E-state index contributed by atoms with van der Waals surface area (Å²) in [4.78, 5) is 12.7. The molecule has 29 heavy (non-hydrogen) atoms. The summed E-state index contributed by atoms with van der Waals surface area (Å²) in [6.45, 7) is 0.217. The standard InChI is InChI=1S/C19H23FN4O4S/c20-14-8-10-15(11-9-14)29(26,27)24-12-4-7-16(24)17(25)21-19-23-22-18(28-19)13-5-2-1-3-6-13/h8-11,13,16H,1-7,12H2,(H,21,23,25). The predicted molar refractivity (Wildman–Crippen MR) is 102 cm³/mol. The van der Waals surface area contributed by atoms with Gasteiger partial charge in [-0.25, -0.2) is 12.8 Å². The van der Waals surface area contributed by atoms with Crippen LogP contribution < -0.4 is 5.32 Å². The van der Waals surface area contributed by atoms with Gasteiger partial charge < -0.3 is 4.42 Å². The highest BCUT2D eigenvalue weighted by Gasteiger charge is 2.40. The highest BCUT2D eigenvalue weighted by atomic mass is 32.2. The molecule has 4 rings (SSSR count). The number of nitrogens with zero attached hydrogens (tertiary/aromatic N) is 3. The zero-order valence-electron chi connectivity index (χ0n) is 15.9. The topological polar surface area (TPSA) is 105 Å². The van der Waals surface area contributed by atoms with E-state index in [1.54, 1.807) is 0 Å². The maximum absolute atomic E-state index is 13.1. The number of rotatable bonds is 5. The second kappa shape index (κ2) is 8.19. The van der Waals surface area contributed by atoms with E-state index in [1.807, 2.05) is 0 Å². The van der Waals surface area contributed by atoms with Crippen LogP contribution in [0.3, 0.4) is 0 Å². The summed E-state index contributed by atoms with van der Waals surface area (Å²) in [5, 5.41) is 10.5. The Kier molecular flexibility index (Phi) is 5.64. The Morgan fingerprint density at radius 1 is 1.07 bits per heavy atom. The van der Waals surface area contributed by atoms with Crippen LogP contribution in [0.5, 0.6) is 0 Å². The molecule has 1 aromatic carbocycles. The molecule has 0 radical (unpaired) electrons. The molecule has 1 atom stereocenters. The van der Waals surface area contributed by atoms with Gasteiger partial charge in [0, 0.05) is 12.5 Å². The van der Waals surface area contributed by atoms with Crippen molar-refractivity contribution < 1.29 is 22.0 Å². The highest BCUT2D eigenvalue weighted by molar-refractivity contribution is 7.89. The first kappa shape index (κ1) is 20.0. The van der Waals surface area contributed by atoms with E-state index in [1.165, 1.54) is 18.6 Å². The van der Waals surface area contributed by atoms with E-state index in [9.17, 15) is 17.6 Å². The van der Waals surface area contributed by atoms with Gasteiger partial charge in [0.15, 0.2) is 0 Å². The Morgan fingerprint density at radius 2 is 1.79 bits per heavy atom. The fourth-order valence-corrected chi connectivity index (χ4v) is 5.68. The largest absolute Gasteiger partial charge is 0.408 e. The van der Waals surface area contributed by atoms with Crippen LogP contribution in [0.15, 0.2) is 33.6 Å². The number of amides is 1. The number of benzene rings is 1. The molecule has 2 heterocycles. The summed E-state index contributed by atoms with van der Waals surface area (Å²) in [6, 6.07) is 3.68. The first-order valence-electron chi connectivity index (χ1n) is 9.87. The smallest absolute Gasteiger partial charge is 0.322 e. The monoisotopic (exact) mass is 422 g/mol. The van der Waals surface area contributed by atoms with Gasteiger partial charge in [-0.1, -0.05) is 24.4 Å². The molecule has 1 saturated heterocycles. The molecule has 1 unspecified atom stereocenters. The summed E-state index contributed by atoms with van der Waals surface area (Å²) in [5.41, 5.74) is 0. The van der Waals surface area contributed by atoms with E-state index in [4.69, 9.17) is 4.42 Å². The van der Waals surface area contributed by atoms with E-state index < -0.39 is 27.8 Å². The van der Waals surface area contributed by atoms with Gasteiger partial charge in [-0.05, 0) is 49.9 Å². The van der Waals surface area contributed by atoms with Crippen LogP contribution in [0.25, 0.3) is 0 Å². The molecule has 1 amide bonds. The van der Waals surface area contributed by atoms with Crippen molar-refractivity contribution >= 4 is 21.9 Å². The van der Waals surface area contributed by atoms with Crippen LogP contribution in [0.1, 0.15) is 56.8 Å². The Hall–Kier alpha value is -2.33. The van der Waals surface area contributed by atoms with Crippen LogP contribution in [-0.2, 0) is 14.8 Å². The van der Waals surface area contributed by atoms with Gasteiger partial charge in [0.2, 0.25) is 21.8 Å². The molecule has 1 aliphatic carbocycles. The van der Waals surface area contributed by atoms with Crippen LogP contribution in [0, 0.1) is 5.82 Å². The van der Waals surface area contributed by atoms with Crippen molar-refractivity contribution in [1.82, 2.24) is 14.5 Å². The first-order chi connectivity index (χ1) is 13.9. The van der Waals surface area contributed by atoms with Gasteiger partial charge in [0.1, 0.15) is 11.9 Å². The van der Waals surface area contributed by atoms with Crippen molar-refractivity contribution in [3.63, 3.8) is 0 Å². The summed E-state index contributed by atoms with van der Waals surface area (Å²) in [6.07, 6.45) is 6.35.